The van der Waals surface area contributed by atoms with Gasteiger partial charge in [0.2, 0.25) is 0 Å². The number of nitrogens with zero attached hydrogens (tertiary/aromatic N) is 1. The van der Waals surface area contributed by atoms with Gasteiger partial charge in [-0.15, -0.1) is 0 Å². The van der Waals surface area contributed by atoms with Gasteiger partial charge < -0.3 is 10.1 Å². The van der Waals surface area contributed by atoms with Gasteiger partial charge in [-0.25, -0.2) is 0 Å². The molecule has 0 spiro atoms. The Labute approximate surface area is 126 Å². The van der Waals surface area contributed by atoms with Crippen molar-refractivity contribution in [2.24, 2.45) is 0 Å². The molecule has 3 heteroatoms. The van der Waals surface area contributed by atoms with Crippen LogP contribution in [0.1, 0.15) is 48.7 Å². The highest BCUT2D eigenvalue weighted by Gasteiger charge is 2.25. The normalized spacial score (nSPS) is 18.3. The maximum absolute atomic E-state index is 5.23. The van der Waals surface area contributed by atoms with E-state index in [2.05, 4.69) is 35.4 Å². The second kappa shape index (κ2) is 6.27. The molecular weight excluding hydrogens is 260 g/mol. The average molecular weight is 282 g/mol. The number of hydrogen-bond donors (Lipinski definition) is 1. The fourth-order valence-corrected chi connectivity index (χ4v) is 3.10. The van der Waals surface area contributed by atoms with Crippen molar-refractivity contribution in [2.45, 2.75) is 38.3 Å². The first-order valence-electron chi connectivity index (χ1n) is 7.65. The molecule has 1 N–H and O–H groups in total. The number of methoxy groups -OCH3 is 1. The fraction of sp³-hybridized carbons (Fsp3) is 0.389. The molecule has 1 aliphatic rings. The Balaban J connectivity index is 1.76. The molecule has 0 bridgehead atoms. The molecule has 2 unspecified atom stereocenters. The summed E-state index contributed by atoms with van der Waals surface area (Å²) in [6.45, 7) is 2.22. The van der Waals surface area contributed by atoms with Crippen LogP contribution in [0.2, 0.25) is 0 Å². The molecule has 2 atom stereocenters. The van der Waals surface area contributed by atoms with E-state index < -0.39 is 0 Å². The molecule has 0 aliphatic heterocycles. The Hall–Kier alpha value is -1.87. The maximum Gasteiger partial charge on any atom is 0.118 e. The van der Waals surface area contributed by atoms with Crippen LogP contribution in [0.25, 0.3) is 0 Å². The first kappa shape index (κ1) is 14.1. The quantitative estimate of drug-likeness (QED) is 0.905. The number of nitrogens with one attached hydrogen (secondary N) is 1. The molecule has 0 amide bonds. The van der Waals surface area contributed by atoms with Crippen molar-refractivity contribution < 1.29 is 4.74 Å². The summed E-state index contributed by atoms with van der Waals surface area (Å²) in [5, 5.41) is 3.77. The van der Waals surface area contributed by atoms with Crippen LogP contribution in [0, 0.1) is 0 Å². The molecule has 2 aromatic rings. The van der Waals surface area contributed by atoms with E-state index in [1.165, 1.54) is 16.8 Å². The van der Waals surface area contributed by atoms with Gasteiger partial charge in [-0.3, -0.25) is 4.98 Å². The number of ether oxygens (including phenoxy) is 1. The van der Waals surface area contributed by atoms with E-state index in [0.717, 1.165) is 25.0 Å². The maximum atomic E-state index is 5.23. The lowest BCUT2D eigenvalue weighted by Crippen LogP contribution is -2.25. The van der Waals surface area contributed by atoms with Crippen LogP contribution in [-0.2, 0) is 6.42 Å². The van der Waals surface area contributed by atoms with Gasteiger partial charge in [-0.2, -0.15) is 0 Å². The van der Waals surface area contributed by atoms with Crippen molar-refractivity contribution in [3.05, 3.63) is 59.4 Å². The molecular formula is C18H22N2O. The summed E-state index contributed by atoms with van der Waals surface area (Å²) in [5.41, 5.74) is 3.92. The number of pyridine rings is 1. The summed E-state index contributed by atoms with van der Waals surface area (Å²) in [5.74, 6) is 0.904. The van der Waals surface area contributed by atoms with Gasteiger partial charge in [0.15, 0.2) is 0 Å². The van der Waals surface area contributed by atoms with Gasteiger partial charge in [0, 0.05) is 12.2 Å². The smallest absolute Gasteiger partial charge is 0.118 e. The molecule has 1 aliphatic carbocycles. The third-order valence-electron chi connectivity index (χ3n) is 4.29. The molecule has 110 valence electrons. The van der Waals surface area contributed by atoms with E-state index in [1.807, 2.05) is 24.4 Å². The minimum absolute atomic E-state index is 0.355. The van der Waals surface area contributed by atoms with E-state index in [9.17, 15) is 0 Å². The van der Waals surface area contributed by atoms with Crippen molar-refractivity contribution in [3.8, 4) is 5.75 Å². The first-order valence-corrected chi connectivity index (χ1v) is 7.65. The van der Waals surface area contributed by atoms with E-state index in [4.69, 9.17) is 4.74 Å². The van der Waals surface area contributed by atoms with Gasteiger partial charge in [-0.1, -0.05) is 25.1 Å². The second-order valence-electron chi connectivity index (χ2n) is 5.54. The second-order valence-corrected chi connectivity index (χ2v) is 5.54. The summed E-state index contributed by atoms with van der Waals surface area (Å²) in [6, 6.07) is 13.3. The Morgan fingerprint density at radius 1 is 1.29 bits per heavy atom. The van der Waals surface area contributed by atoms with Crippen LogP contribution >= 0.6 is 0 Å². The molecule has 3 nitrogen and oxygen atoms in total. The van der Waals surface area contributed by atoms with Crippen LogP contribution in [0.15, 0.2) is 42.6 Å². The highest BCUT2D eigenvalue weighted by Crippen LogP contribution is 2.32. The van der Waals surface area contributed by atoms with Crippen LogP contribution in [0.3, 0.4) is 0 Å². The number of fused-ring (bicyclic) bond motifs is 1. The van der Waals surface area contributed by atoms with Crippen molar-refractivity contribution in [1.29, 1.82) is 0 Å². The molecule has 0 saturated carbocycles. The molecule has 1 heterocycles. The lowest BCUT2D eigenvalue weighted by atomic mass is 10.0. The Morgan fingerprint density at radius 3 is 2.81 bits per heavy atom. The summed E-state index contributed by atoms with van der Waals surface area (Å²) >= 11 is 0. The third-order valence-corrected chi connectivity index (χ3v) is 4.29. The highest BCUT2D eigenvalue weighted by atomic mass is 16.5. The summed E-state index contributed by atoms with van der Waals surface area (Å²) in [6.07, 6.45) is 5.22. The van der Waals surface area contributed by atoms with Crippen molar-refractivity contribution in [2.75, 3.05) is 7.11 Å². The van der Waals surface area contributed by atoms with Gasteiger partial charge in [-0.05, 0) is 48.6 Å². The first-order chi connectivity index (χ1) is 10.3. The zero-order chi connectivity index (χ0) is 14.7. The standard InChI is InChI=1S/C18H22N2O/c1-3-16(13-6-9-15(21-2)10-7-13)20-17-11-8-14-5-4-12-19-18(14)17/h4-7,9-10,12,16-17,20H,3,8,11H2,1-2H3. The number of hydrogen-bond acceptors (Lipinski definition) is 3. The zero-order valence-corrected chi connectivity index (χ0v) is 12.7. The highest BCUT2D eigenvalue weighted by molar-refractivity contribution is 5.31. The van der Waals surface area contributed by atoms with E-state index in [0.29, 0.717) is 12.1 Å². The molecule has 0 fully saturated rings. The fourth-order valence-electron chi connectivity index (χ4n) is 3.10. The van der Waals surface area contributed by atoms with Gasteiger partial charge in [0.1, 0.15) is 5.75 Å². The molecule has 1 aromatic heterocycles. The van der Waals surface area contributed by atoms with Gasteiger partial charge in [0.25, 0.3) is 0 Å². The van der Waals surface area contributed by atoms with Gasteiger partial charge in [0.05, 0.1) is 18.8 Å². The van der Waals surface area contributed by atoms with Crippen LogP contribution < -0.4 is 10.1 Å². The predicted molar refractivity (Wildman–Crippen MR) is 84.5 cm³/mol. The van der Waals surface area contributed by atoms with Crippen LogP contribution in [-0.4, -0.2) is 12.1 Å². The number of aryl methyl sites for hydroxylation is 1. The Kier molecular flexibility index (Phi) is 4.20. The number of rotatable bonds is 5. The van der Waals surface area contributed by atoms with Crippen molar-refractivity contribution >= 4 is 0 Å². The number of aromatic nitrogens is 1. The molecule has 21 heavy (non-hydrogen) atoms. The minimum Gasteiger partial charge on any atom is -0.497 e. The summed E-state index contributed by atoms with van der Waals surface area (Å²) in [7, 11) is 1.70. The summed E-state index contributed by atoms with van der Waals surface area (Å²) in [4.78, 5) is 4.57. The van der Waals surface area contributed by atoms with E-state index in [1.54, 1.807) is 7.11 Å². The molecule has 0 radical (unpaired) electrons. The SMILES string of the molecule is CCC(NC1CCc2cccnc21)c1ccc(OC)cc1. The minimum atomic E-state index is 0.355. The largest absolute Gasteiger partial charge is 0.497 e. The predicted octanol–water partition coefficient (Wildman–Crippen LogP) is 3.82. The lowest BCUT2D eigenvalue weighted by molar-refractivity contribution is 0.411. The zero-order valence-electron chi connectivity index (χ0n) is 12.7. The number of benzene rings is 1. The van der Waals surface area contributed by atoms with E-state index >= 15 is 0 Å². The van der Waals surface area contributed by atoms with Crippen LogP contribution in [0.5, 0.6) is 5.75 Å². The monoisotopic (exact) mass is 282 g/mol. The Bertz CT molecular complexity index is 594. The van der Waals surface area contributed by atoms with Crippen LogP contribution in [0.4, 0.5) is 0 Å². The summed E-state index contributed by atoms with van der Waals surface area (Å²) < 4.78 is 5.23. The lowest BCUT2D eigenvalue weighted by Gasteiger charge is -2.22. The average Bonchev–Trinajstić information content (AvgIpc) is 2.96. The van der Waals surface area contributed by atoms with Crippen molar-refractivity contribution in [1.82, 2.24) is 10.3 Å². The van der Waals surface area contributed by atoms with Crippen molar-refractivity contribution in [3.63, 3.8) is 0 Å². The topological polar surface area (TPSA) is 34.2 Å². The van der Waals surface area contributed by atoms with E-state index in [-0.39, 0.29) is 0 Å². The molecule has 0 saturated heterocycles. The van der Waals surface area contributed by atoms with Gasteiger partial charge >= 0.3 is 0 Å². The third kappa shape index (κ3) is 2.93. The molecule has 3 rings (SSSR count). The molecule has 1 aromatic carbocycles. The Morgan fingerprint density at radius 2 is 2.10 bits per heavy atom.